The summed E-state index contributed by atoms with van der Waals surface area (Å²) in [5.41, 5.74) is 15.0. The lowest BCUT2D eigenvalue weighted by molar-refractivity contribution is 0.0953. The van der Waals surface area contributed by atoms with Gasteiger partial charge in [-0.25, -0.2) is 0 Å². The van der Waals surface area contributed by atoms with E-state index in [1.54, 1.807) is 6.07 Å². The van der Waals surface area contributed by atoms with Crippen LogP contribution in [0.5, 0.6) is 0 Å². The van der Waals surface area contributed by atoms with Crippen LogP contribution in [0.1, 0.15) is 83.4 Å². The molecule has 0 aromatic heterocycles. The van der Waals surface area contributed by atoms with Crippen molar-refractivity contribution in [2.45, 2.75) is 58.8 Å². The van der Waals surface area contributed by atoms with Crippen LogP contribution in [-0.2, 0) is 12.8 Å². The maximum Gasteiger partial charge on any atom is 0.251 e. The number of unbranched alkanes of at least 4 members (excludes halogenated alkanes) is 3. The number of rotatable bonds is 12. The number of benzene rings is 3. The molecule has 0 fully saturated rings. The lowest BCUT2D eigenvalue weighted by Gasteiger charge is -2.12. The fourth-order valence-electron chi connectivity index (χ4n) is 5.04. The molecule has 37 heavy (non-hydrogen) atoms. The molecule has 4 N–H and O–H groups in total. The van der Waals surface area contributed by atoms with Crippen molar-refractivity contribution in [3.63, 3.8) is 0 Å². The highest BCUT2D eigenvalue weighted by molar-refractivity contribution is 6.01. The molecule has 0 radical (unpaired) electrons. The Morgan fingerprint density at radius 3 is 2.08 bits per heavy atom. The second-order valence-electron chi connectivity index (χ2n) is 9.95. The molecule has 0 aliphatic heterocycles. The van der Waals surface area contributed by atoms with Crippen LogP contribution in [0.2, 0.25) is 0 Å². The quantitative estimate of drug-likeness (QED) is 0.214. The first-order valence-electron chi connectivity index (χ1n) is 13.7. The maximum atomic E-state index is 12.8. The highest BCUT2D eigenvalue weighted by atomic mass is 16.2. The van der Waals surface area contributed by atoms with Crippen molar-refractivity contribution < 1.29 is 9.59 Å². The van der Waals surface area contributed by atoms with E-state index in [-0.39, 0.29) is 11.8 Å². The van der Waals surface area contributed by atoms with E-state index in [4.69, 9.17) is 5.73 Å². The third-order valence-corrected chi connectivity index (χ3v) is 7.02. The average molecular weight is 498 g/mol. The zero-order valence-electron chi connectivity index (χ0n) is 22.2. The second kappa shape index (κ2) is 12.7. The standard InChI is InChI=1S/C32H39N3O2/c1-3-5-6-7-8-22-9-11-29-25(16-22)20-26-17-23(10-12-30(26)29)24-18-27(31(36)34-14-4-2)21-28(19-24)32(37)35-15-13-33/h9-12,16-19,21H,3-8,13-15,20,33H2,1-2H3,(H,34,36)(H,35,37). The molecule has 194 valence electrons. The summed E-state index contributed by atoms with van der Waals surface area (Å²) in [5.74, 6) is -0.395. The minimum absolute atomic E-state index is 0.170. The van der Waals surface area contributed by atoms with Crippen molar-refractivity contribution in [2.75, 3.05) is 19.6 Å². The smallest absolute Gasteiger partial charge is 0.251 e. The fraction of sp³-hybridized carbons (Fsp3) is 0.375. The van der Waals surface area contributed by atoms with E-state index in [1.165, 1.54) is 53.5 Å². The van der Waals surface area contributed by atoms with E-state index in [1.807, 2.05) is 19.1 Å². The number of carbonyl (C=O) groups excluding carboxylic acids is 2. The van der Waals surface area contributed by atoms with Crippen LogP contribution in [0.4, 0.5) is 0 Å². The maximum absolute atomic E-state index is 12.8. The van der Waals surface area contributed by atoms with E-state index in [0.29, 0.717) is 30.8 Å². The fourth-order valence-corrected chi connectivity index (χ4v) is 5.04. The molecule has 5 nitrogen and oxygen atoms in total. The topological polar surface area (TPSA) is 84.2 Å². The summed E-state index contributed by atoms with van der Waals surface area (Å²) < 4.78 is 0. The predicted octanol–water partition coefficient (Wildman–Crippen LogP) is 5.88. The van der Waals surface area contributed by atoms with Gasteiger partial charge in [0.05, 0.1) is 0 Å². The van der Waals surface area contributed by atoms with Gasteiger partial charge in [-0.2, -0.15) is 0 Å². The molecule has 1 aliphatic carbocycles. The summed E-state index contributed by atoms with van der Waals surface area (Å²) >= 11 is 0. The van der Waals surface area contributed by atoms with Crippen LogP contribution in [0.25, 0.3) is 22.3 Å². The van der Waals surface area contributed by atoms with Gasteiger partial charge in [0.15, 0.2) is 0 Å². The van der Waals surface area contributed by atoms with Crippen LogP contribution in [0.3, 0.4) is 0 Å². The Morgan fingerprint density at radius 2 is 1.41 bits per heavy atom. The lowest BCUT2D eigenvalue weighted by Crippen LogP contribution is -2.29. The van der Waals surface area contributed by atoms with Gasteiger partial charge in [0.2, 0.25) is 0 Å². The Kier molecular flexibility index (Phi) is 9.13. The summed E-state index contributed by atoms with van der Waals surface area (Å²) in [6.45, 7) is 5.60. The van der Waals surface area contributed by atoms with Gasteiger partial charge in [0, 0.05) is 30.8 Å². The summed E-state index contributed by atoms with van der Waals surface area (Å²) in [7, 11) is 0. The van der Waals surface area contributed by atoms with Crippen molar-refractivity contribution in [2.24, 2.45) is 5.73 Å². The molecule has 3 aromatic carbocycles. The summed E-state index contributed by atoms with van der Waals surface area (Å²) in [6.07, 6.45) is 7.98. The van der Waals surface area contributed by atoms with Gasteiger partial charge in [0.25, 0.3) is 11.8 Å². The molecular formula is C32H39N3O2. The molecule has 0 unspecified atom stereocenters. The normalized spacial score (nSPS) is 11.6. The minimum Gasteiger partial charge on any atom is -0.352 e. The highest BCUT2D eigenvalue weighted by Crippen LogP contribution is 2.39. The molecule has 3 aromatic rings. The SMILES string of the molecule is CCCCCCc1ccc2c(c1)Cc1cc(-c3cc(C(=O)NCCC)cc(C(=O)NCCN)c3)ccc1-2. The van der Waals surface area contributed by atoms with E-state index >= 15 is 0 Å². The molecule has 2 amide bonds. The van der Waals surface area contributed by atoms with Gasteiger partial charge >= 0.3 is 0 Å². The highest BCUT2D eigenvalue weighted by Gasteiger charge is 2.20. The predicted molar refractivity (Wildman–Crippen MR) is 152 cm³/mol. The van der Waals surface area contributed by atoms with Crippen LogP contribution in [0.15, 0.2) is 54.6 Å². The zero-order chi connectivity index (χ0) is 26.2. The van der Waals surface area contributed by atoms with Gasteiger partial charge in [-0.1, -0.05) is 69.5 Å². The van der Waals surface area contributed by atoms with Crippen LogP contribution in [0, 0.1) is 0 Å². The van der Waals surface area contributed by atoms with Crippen molar-refractivity contribution in [1.82, 2.24) is 10.6 Å². The lowest BCUT2D eigenvalue weighted by atomic mass is 9.95. The summed E-state index contributed by atoms with van der Waals surface area (Å²) in [5, 5.41) is 5.75. The Labute approximate surface area is 220 Å². The number of hydrogen-bond donors (Lipinski definition) is 3. The first-order valence-corrected chi connectivity index (χ1v) is 13.7. The number of carbonyl (C=O) groups is 2. The van der Waals surface area contributed by atoms with E-state index in [0.717, 1.165) is 30.4 Å². The number of nitrogens with two attached hydrogens (primary N) is 1. The van der Waals surface area contributed by atoms with Gasteiger partial charge < -0.3 is 16.4 Å². The molecule has 0 saturated heterocycles. The molecule has 0 atom stereocenters. The first kappa shape index (κ1) is 26.6. The second-order valence-corrected chi connectivity index (χ2v) is 9.95. The third kappa shape index (κ3) is 6.47. The number of nitrogens with one attached hydrogen (secondary N) is 2. The average Bonchev–Trinajstić information content (AvgIpc) is 3.29. The number of amides is 2. The zero-order valence-corrected chi connectivity index (χ0v) is 22.2. The monoisotopic (exact) mass is 497 g/mol. The molecule has 1 aliphatic rings. The van der Waals surface area contributed by atoms with Crippen LogP contribution in [-0.4, -0.2) is 31.4 Å². The van der Waals surface area contributed by atoms with Gasteiger partial charge in [0.1, 0.15) is 0 Å². The van der Waals surface area contributed by atoms with Crippen LogP contribution < -0.4 is 16.4 Å². The molecule has 0 spiro atoms. The largest absolute Gasteiger partial charge is 0.352 e. The molecular weight excluding hydrogens is 458 g/mol. The third-order valence-electron chi connectivity index (χ3n) is 7.02. The van der Waals surface area contributed by atoms with E-state index in [2.05, 4.69) is 54.0 Å². The Bertz CT molecular complexity index is 1230. The summed E-state index contributed by atoms with van der Waals surface area (Å²) in [6, 6.07) is 18.8. The van der Waals surface area contributed by atoms with Gasteiger partial charge in [-0.05, 0) is 82.8 Å². The molecule has 0 heterocycles. The Morgan fingerprint density at radius 1 is 0.730 bits per heavy atom. The molecule has 5 heteroatoms. The van der Waals surface area contributed by atoms with Crippen molar-refractivity contribution >= 4 is 11.8 Å². The number of hydrogen-bond acceptors (Lipinski definition) is 3. The molecule has 4 rings (SSSR count). The molecule has 0 saturated carbocycles. The Hall–Kier alpha value is -3.44. The molecule has 0 bridgehead atoms. The van der Waals surface area contributed by atoms with Crippen molar-refractivity contribution in [1.29, 1.82) is 0 Å². The number of aryl methyl sites for hydroxylation is 1. The number of fused-ring (bicyclic) bond motifs is 3. The van der Waals surface area contributed by atoms with Crippen molar-refractivity contribution in [3.8, 4) is 22.3 Å². The van der Waals surface area contributed by atoms with E-state index < -0.39 is 0 Å². The first-order chi connectivity index (χ1) is 18.0. The van der Waals surface area contributed by atoms with Gasteiger partial charge in [-0.3, -0.25) is 9.59 Å². The summed E-state index contributed by atoms with van der Waals surface area (Å²) in [4.78, 5) is 25.5. The van der Waals surface area contributed by atoms with Gasteiger partial charge in [-0.15, -0.1) is 0 Å². The van der Waals surface area contributed by atoms with E-state index in [9.17, 15) is 9.59 Å². The van der Waals surface area contributed by atoms with Crippen molar-refractivity contribution in [3.05, 3.63) is 82.4 Å². The minimum atomic E-state index is -0.225. The van der Waals surface area contributed by atoms with Crippen LogP contribution >= 0.6 is 0 Å². The Balaban J connectivity index is 1.61.